The van der Waals surface area contributed by atoms with Crippen molar-refractivity contribution in [2.45, 2.75) is 6.42 Å². The summed E-state index contributed by atoms with van der Waals surface area (Å²) in [5.74, 6) is -0.194. The highest BCUT2D eigenvalue weighted by molar-refractivity contribution is 5.68. The molecule has 0 fully saturated rings. The van der Waals surface area contributed by atoms with Gasteiger partial charge in [-0.3, -0.25) is 4.79 Å². The summed E-state index contributed by atoms with van der Waals surface area (Å²) in [4.78, 5) is 10.3. The zero-order chi connectivity index (χ0) is 11.3. The standard InChI is InChI=1S/C10H14N2O3/c1-15-9-3-2-7(11)6-8(9)12-5-4-10(13)14/h2-3,6,12H,4-5,11H2,1H3,(H,13,14). The summed E-state index contributed by atoms with van der Waals surface area (Å²) in [5, 5.41) is 11.4. The third-order valence-electron chi connectivity index (χ3n) is 1.88. The van der Waals surface area contributed by atoms with Gasteiger partial charge in [-0.25, -0.2) is 0 Å². The number of carboxylic acid groups (broad SMARTS) is 1. The number of carbonyl (C=O) groups is 1. The molecule has 4 N–H and O–H groups in total. The molecular weight excluding hydrogens is 196 g/mol. The maximum absolute atomic E-state index is 10.3. The molecule has 0 aliphatic rings. The van der Waals surface area contributed by atoms with Crippen LogP contribution in [0.3, 0.4) is 0 Å². The molecule has 0 saturated heterocycles. The van der Waals surface area contributed by atoms with Gasteiger partial charge in [-0.2, -0.15) is 0 Å². The number of nitrogens with one attached hydrogen (secondary N) is 1. The lowest BCUT2D eigenvalue weighted by Gasteiger charge is -2.10. The van der Waals surface area contributed by atoms with Crippen LogP contribution in [0.2, 0.25) is 0 Å². The summed E-state index contributed by atoms with van der Waals surface area (Å²) >= 11 is 0. The molecule has 0 aliphatic carbocycles. The second-order valence-electron chi connectivity index (χ2n) is 3.03. The molecule has 0 amide bonds. The molecule has 0 radical (unpaired) electrons. The third kappa shape index (κ3) is 3.38. The van der Waals surface area contributed by atoms with Crippen LogP contribution in [0.5, 0.6) is 5.75 Å². The Hall–Kier alpha value is -1.91. The van der Waals surface area contributed by atoms with Crippen LogP contribution in [0, 0.1) is 0 Å². The van der Waals surface area contributed by atoms with E-state index in [4.69, 9.17) is 15.6 Å². The molecule has 5 nitrogen and oxygen atoms in total. The van der Waals surface area contributed by atoms with Gasteiger partial charge in [0.05, 0.1) is 19.2 Å². The zero-order valence-corrected chi connectivity index (χ0v) is 8.49. The molecule has 1 aromatic carbocycles. The fraction of sp³-hybridized carbons (Fsp3) is 0.300. The van der Waals surface area contributed by atoms with E-state index in [1.165, 1.54) is 0 Å². The quantitative estimate of drug-likeness (QED) is 0.635. The Bertz CT molecular complexity index is 353. The summed E-state index contributed by atoms with van der Waals surface area (Å²) < 4.78 is 5.09. The largest absolute Gasteiger partial charge is 0.495 e. The van der Waals surface area contributed by atoms with Crippen molar-refractivity contribution in [3.8, 4) is 5.75 Å². The van der Waals surface area contributed by atoms with Crippen molar-refractivity contribution in [1.29, 1.82) is 0 Å². The van der Waals surface area contributed by atoms with E-state index in [0.29, 0.717) is 23.7 Å². The van der Waals surface area contributed by atoms with E-state index in [2.05, 4.69) is 5.32 Å². The highest BCUT2D eigenvalue weighted by Crippen LogP contribution is 2.26. The van der Waals surface area contributed by atoms with Crippen LogP contribution >= 0.6 is 0 Å². The third-order valence-corrected chi connectivity index (χ3v) is 1.88. The van der Waals surface area contributed by atoms with Gasteiger partial charge < -0.3 is 20.9 Å². The minimum atomic E-state index is -0.842. The van der Waals surface area contributed by atoms with Crippen LogP contribution in [-0.2, 0) is 4.79 Å². The van der Waals surface area contributed by atoms with Gasteiger partial charge >= 0.3 is 5.97 Å². The number of hydrogen-bond donors (Lipinski definition) is 3. The number of methoxy groups -OCH3 is 1. The summed E-state index contributed by atoms with van der Waals surface area (Å²) in [6.45, 7) is 0.342. The zero-order valence-electron chi connectivity index (χ0n) is 8.49. The second kappa shape index (κ2) is 5.09. The number of aliphatic carboxylic acids is 1. The van der Waals surface area contributed by atoms with E-state index in [1.807, 2.05) is 0 Å². The number of carboxylic acids is 1. The highest BCUT2D eigenvalue weighted by atomic mass is 16.5. The van der Waals surface area contributed by atoms with Gasteiger partial charge in [0.1, 0.15) is 5.75 Å². The fourth-order valence-electron chi connectivity index (χ4n) is 1.17. The Kier molecular flexibility index (Phi) is 3.79. The first-order valence-electron chi connectivity index (χ1n) is 4.52. The minimum absolute atomic E-state index is 0.0535. The van der Waals surface area contributed by atoms with Crippen LogP contribution in [0.4, 0.5) is 11.4 Å². The topological polar surface area (TPSA) is 84.6 Å². The minimum Gasteiger partial charge on any atom is -0.495 e. The summed E-state index contributed by atoms with van der Waals surface area (Å²) in [5.41, 5.74) is 6.91. The van der Waals surface area contributed by atoms with Crippen molar-refractivity contribution in [2.24, 2.45) is 0 Å². The Labute approximate surface area is 87.9 Å². The van der Waals surface area contributed by atoms with Gasteiger partial charge in [-0.05, 0) is 18.2 Å². The molecule has 1 aromatic rings. The van der Waals surface area contributed by atoms with Gasteiger partial charge in [0.25, 0.3) is 0 Å². The van der Waals surface area contributed by atoms with Crippen LogP contribution in [0.15, 0.2) is 18.2 Å². The first-order chi connectivity index (χ1) is 7.13. The molecule has 0 aliphatic heterocycles. The van der Waals surface area contributed by atoms with Gasteiger partial charge in [-0.1, -0.05) is 0 Å². The molecule has 15 heavy (non-hydrogen) atoms. The number of benzene rings is 1. The van der Waals surface area contributed by atoms with E-state index < -0.39 is 5.97 Å². The SMILES string of the molecule is COc1ccc(N)cc1NCCC(=O)O. The number of ether oxygens (including phenoxy) is 1. The Balaban J connectivity index is 2.65. The molecule has 0 aromatic heterocycles. The van der Waals surface area contributed by atoms with Gasteiger partial charge in [0.15, 0.2) is 0 Å². The van der Waals surface area contributed by atoms with Crippen molar-refractivity contribution >= 4 is 17.3 Å². The van der Waals surface area contributed by atoms with Crippen molar-refractivity contribution in [3.05, 3.63) is 18.2 Å². The summed E-state index contributed by atoms with van der Waals surface area (Å²) in [6.07, 6.45) is 0.0535. The van der Waals surface area contributed by atoms with E-state index in [0.717, 1.165) is 0 Å². The maximum atomic E-state index is 10.3. The first kappa shape index (κ1) is 11.2. The monoisotopic (exact) mass is 210 g/mol. The van der Waals surface area contributed by atoms with Crippen LogP contribution in [0.25, 0.3) is 0 Å². The lowest BCUT2D eigenvalue weighted by molar-refractivity contribution is -0.136. The molecule has 5 heteroatoms. The van der Waals surface area contributed by atoms with Crippen LogP contribution in [0.1, 0.15) is 6.42 Å². The number of hydrogen-bond acceptors (Lipinski definition) is 4. The fourth-order valence-corrected chi connectivity index (χ4v) is 1.17. The average Bonchev–Trinajstić information content (AvgIpc) is 2.17. The molecule has 0 saturated carbocycles. The molecule has 0 spiro atoms. The van der Waals surface area contributed by atoms with E-state index in [9.17, 15) is 4.79 Å². The number of rotatable bonds is 5. The van der Waals surface area contributed by atoms with Gasteiger partial charge in [0, 0.05) is 12.2 Å². The Morgan fingerprint density at radius 2 is 2.33 bits per heavy atom. The second-order valence-corrected chi connectivity index (χ2v) is 3.03. The van der Waals surface area contributed by atoms with Crippen molar-refractivity contribution in [1.82, 2.24) is 0 Å². The van der Waals surface area contributed by atoms with Crippen molar-refractivity contribution in [3.63, 3.8) is 0 Å². The number of anilines is 2. The van der Waals surface area contributed by atoms with Crippen LogP contribution < -0.4 is 15.8 Å². The van der Waals surface area contributed by atoms with Crippen molar-refractivity contribution in [2.75, 3.05) is 24.7 Å². The van der Waals surface area contributed by atoms with Gasteiger partial charge in [0.2, 0.25) is 0 Å². The van der Waals surface area contributed by atoms with E-state index in [1.54, 1.807) is 25.3 Å². The van der Waals surface area contributed by atoms with E-state index in [-0.39, 0.29) is 6.42 Å². The molecule has 1 rings (SSSR count). The lowest BCUT2D eigenvalue weighted by Crippen LogP contribution is -2.08. The molecule has 82 valence electrons. The normalized spacial score (nSPS) is 9.67. The molecule has 0 unspecified atom stereocenters. The average molecular weight is 210 g/mol. The summed E-state index contributed by atoms with van der Waals surface area (Å²) in [7, 11) is 1.55. The predicted molar refractivity (Wildman–Crippen MR) is 58.1 cm³/mol. The first-order valence-corrected chi connectivity index (χ1v) is 4.52. The molecular formula is C10H14N2O3. The number of nitrogens with two attached hydrogens (primary N) is 1. The molecule has 0 bridgehead atoms. The molecule has 0 atom stereocenters. The molecule has 0 heterocycles. The van der Waals surface area contributed by atoms with Crippen molar-refractivity contribution < 1.29 is 14.6 Å². The Morgan fingerprint density at radius 1 is 1.60 bits per heavy atom. The highest BCUT2D eigenvalue weighted by Gasteiger charge is 2.03. The van der Waals surface area contributed by atoms with Gasteiger partial charge in [-0.15, -0.1) is 0 Å². The van der Waals surface area contributed by atoms with Crippen LogP contribution in [-0.4, -0.2) is 24.7 Å². The predicted octanol–water partition coefficient (Wildman–Crippen LogP) is 1.16. The van der Waals surface area contributed by atoms with E-state index >= 15 is 0 Å². The Morgan fingerprint density at radius 3 is 2.93 bits per heavy atom. The maximum Gasteiger partial charge on any atom is 0.305 e. The summed E-state index contributed by atoms with van der Waals surface area (Å²) in [6, 6.07) is 5.17. The lowest BCUT2D eigenvalue weighted by atomic mass is 10.2. The smallest absolute Gasteiger partial charge is 0.305 e. The number of nitrogen functional groups attached to an aromatic ring is 1.